The van der Waals surface area contributed by atoms with Crippen molar-refractivity contribution in [3.63, 3.8) is 0 Å². The van der Waals surface area contributed by atoms with Gasteiger partial charge in [-0.05, 0) is 31.4 Å². The van der Waals surface area contributed by atoms with Gasteiger partial charge in [-0.15, -0.1) is 0 Å². The van der Waals surface area contributed by atoms with Crippen LogP contribution in [0, 0.1) is 5.92 Å². The molecule has 2 heterocycles. The third-order valence-corrected chi connectivity index (χ3v) is 3.24. The van der Waals surface area contributed by atoms with E-state index in [4.69, 9.17) is 4.42 Å². The topological polar surface area (TPSA) is 45.5 Å². The molecule has 18 heavy (non-hydrogen) atoms. The van der Waals surface area contributed by atoms with Gasteiger partial charge in [0.15, 0.2) is 0 Å². The Hall–Kier alpha value is -1.29. The van der Waals surface area contributed by atoms with E-state index < -0.39 is 0 Å². The van der Waals surface area contributed by atoms with E-state index in [0.29, 0.717) is 17.5 Å². The van der Waals surface area contributed by atoms with Crippen molar-refractivity contribution in [1.82, 2.24) is 10.2 Å². The maximum absolute atomic E-state index is 12.4. The fourth-order valence-corrected chi connectivity index (χ4v) is 2.43. The molecular formula is C14H22N2O2. The highest BCUT2D eigenvalue weighted by atomic mass is 16.3. The van der Waals surface area contributed by atoms with Crippen LogP contribution in [0.5, 0.6) is 0 Å². The number of hydrogen-bond acceptors (Lipinski definition) is 3. The van der Waals surface area contributed by atoms with Crippen LogP contribution in [-0.2, 0) is 0 Å². The average molecular weight is 250 g/mol. The van der Waals surface area contributed by atoms with Crippen molar-refractivity contribution >= 4 is 5.91 Å². The molecule has 100 valence electrons. The fraction of sp³-hybridized carbons (Fsp3) is 0.643. The summed E-state index contributed by atoms with van der Waals surface area (Å²) < 4.78 is 5.00. The van der Waals surface area contributed by atoms with E-state index in [2.05, 4.69) is 19.2 Å². The van der Waals surface area contributed by atoms with Crippen LogP contribution in [0.2, 0.25) is 0 Å². The summed E-state index contributed by atoms with van der Waals surface area (Å²) in [5.74, 6) is 0.549. The maximum Gasteiger partial charge on any atom is 0.257 e. The molecule has 1 aliphatic rings. The minimum atomic E-state index is 0.0751. The van der Waals surface area contributed by atoms with Crippen LogP contribution < -0.4 is 5.32 Å². The van der Waals surface area contributed by atoms with Crippen LogP contribution in [0.25, 0.3) is 0 Å². The molecule has 0 bridgehead atoms. The number of nitrogens with zero attached hydrogens (tertiary/aromatic N) is 1. The molecule has 1 amide bonds. The molecule has 1 aromatic heterocycles. The summed E-state index contributed by atoms with van der Waals surface area (Å²) >= 11 is 0. The Labute approximate surface area is 108 Å². The van der Waals surface area contributed by atoms with Crippen LogP contribution in [0.15, 0.2) is 23.0 Å². The van der Waals surface area contributed by atoms with Crippen molar-refractivity contribution in [3.05, 3.63) is 24.2 Å². The van der Waals surface area contributed by atoms with Crippen molar-refractivity contribution < 1.29 is 9.21 Å². The highest BCUT2D eigenvalue weighted by Gasteiger charge is 2.23. The number of carbonyl (C=O) groups is 1. The van der Waals surface area contributed by atoms with Crippen molar-refractivity contribution in [2.24, 2.45) is 5.92 Å². The smallest absolute Gasteiger partial charge is 0.257 e. The standard InChI is InChI=1S/C14H22N2O2/c1-11(2)8-16(9-13-4-3-6-15-13)14(17)12-5-7-18-10-12/h5,7,10-11,13,15H,3-4,6,8-9H2,1-2H3. The number of rotatable bonds is 5. The highest BCUT2D eigenvalue weighted by Crippen LogP contribution is 2.12. The van der Waals surface area contributed by atoms with Gasteiger partial charge in [-0.1, -0.05) is 13.8 Å². The van der Waals surface area contributed by atoms with Gasteiger partial charge >= 0.3 is 0 Å². The molecule has 0 aromatic carbocycles. The molecule has 0 aliphatic carbocycles. The Bertz CT molecular complexity index is 367. The predicted octanol–water partition coefficient (Wildman–Crippen LogP) is 2.13. The van der Waals surface area contributed by atoms with Gasteiger partial charge in [-0.25, -0.2) is 0 Å². The highest BCUT2D eigenvalue weighted by molar-refractivity contribution is 5.93. The second-order valence-corrected chi connectivity index (χ2v) is 5.41. The predicted molar refractivity (Wildman–Crippen MR) is 70.5 cm³/mol. The van der Waals surface area contributed by atoms with E-state index >= 15 is 0 Å². The Morgan fingerprint density at radius 3 is 3.00 bits per heavy atom. The summed E-state index contributed by atoms with van der Waals surface area (Å²) in [7, 11) is 0. The zero-order valence-corrected chi connectivity index (χ0v) is 11.2. The van der Waals surface area contributed by atoms with Crippen molar-refractivity contribution in [1.29, 1.82) is 0 Å². The van der Waals surface area contributed by atoms with Gasteiger partial charge in [-0.3, -0.25) is 4.79 Å². The van der Waals surface area contributed by atoms with E-state index in [1.54, 1.807) is 12.3 Å². The third-order valence-electron chi connectivity index (χ3n) is 3.24. The SMILES string of the molecule is CC(C)CN(CC1CCCN1)C(=O)c1ccoc1. The van der Waals surface area contributed by atoms with Crippen molar-refractivity contribution in [2.45, 2.75) is 32.7 Å². The normalized spacial score (nSPS) is 19.4. The minimum absolute atomic E-state index is 0.0751. The minimum Gasteiger partial charge on any atom is -0.472 e. The first-order valence-corrected chi connectivity index (χ1v) is 6.71. The number of furan rings is 1. The van der Waals surface area contributed by atoms with Gasteiger partial charge in [0.05, 0.1) is 11.8 Å². The second kappa shape index (κ2) is 6.05. The van der Waals surface area contributed by atoms with Crippen LogP contribution in [0.4, 0.5) is 0 Å². The summed E-state index contributed by atoms with van der Waals surface area (Å²) in [6, 6.07) is 2.18. The number of hydrogen-bond donors (Lipinski definition) is 1. The van der Waals surface area contributed by atoms with Crippen LogP contribution in [0.1, 0.15) is 37.0 Å². The molecule has 1 saturated heterocycles. The van der Waals surface area contributed by atoms with Gasteiger partial charge in [0.2, 0.25) is 0 Å². The van der Waals surface area contributed by atoms with Crippen LogP contribution in [-0.4, -0.2) is 36.5 Å². The van der Waals surface area contributed by atoms with Crippen LogP contribution >= 0.6 is 0 Å². The van der Waals surface area contributed by atoms with Gasteiger partial charge in [-0.2, -0.15) is 0 Å². The fourth-order valence-electron chi connectivity index (χ4n) is 2.43. The molecule has 2 rings (SSSR count). The monoisotopic (exact) mass is 250 g/mol. The molecule has 4 nitrogen and oxygen atoms in total. The van der Waals surface area contributed by atoms with Gasteiger partial charge in [0.1, 0.15) is 6.26 Å². The van der Waals surface area contributed by atoms with Gasteiger partial charge < -0.3 is 14.6 Å². The van der Waals surface area contributed by atoms with E-state index in [0.717, 1.165) is 26.1 Å². The lowest BCUT2D eigenvalue weighted by atomic mass is 10.1. The molecule has 1 aromatic rings. The molecular weight excluding hydrogens is 228 g/mol. The lowest BCUT2D eigenvalue weighted by molar-refractivity contribution is 0.0720. The molecule has 1 atom stereocenters. The zero-order valence-electron chi connectivity index (χ0n) is 11.2. The first-order chi connectivity index (χ1) is 8.66. The maximum atomic E-state index is 12.4. The average Bonchev–Trinajstić information content (AvgIpc) is 2.99. The molecule has 0 spiro atoms. The van der Waals surface area contributed by atoms with Crippen LogP contribution in [0.3, 0.4) is 0 Å². The summed E-state index contributed by atoms with van der Waals surface area (Å²) in [6.07, 6.45) is 5.44. The Morgan fingerprint density at radius 1 is 1.61 bits per heavy atom. The summed E-state index contributed by atoms with van der Waals surface area (Å²) in [6.45, 7) is 6.93. The lowest BCUT2D eigenvalue weighted by Gasteiger charge is -2.27. The van der Waals surface area contributed by atoms with E-state index in [-0.39, 0.29) is 5.91 Å². The van der Waals surface area contributed by atoms with Crippen molar-refractivity contribution in [2.75, 3.05) is 19.6 Å². The molecule has 1 aliphatic heterocycles. The number of nitrogens with one attached hydrogen (secondary N) is 1. The first kappa shape index (κ1) is 13.1. The summed E-state index contributed by atoms with van der Waals surface area (Å²) in [4.78, 5) is 14.3. The molecule has 1 unspecified atom stereocenters. The quantitative estimate of drug-likeness (QED) is 0.870. The molecule has 1 N–H and O–H groups in total. The number of amides is 1. The molecule has 4 heteroatoms. The Kier molecular flexibility index (Phi) is 4.42. The zero-order chi connectivity index (χ0) is 13.0. The Morgan fingerprint density at radius 2 is 2.44 bits per heavy atom. The van der Waals surface area contributed by atoms with E-state index in [1.165, 1.54) is 12.7 Å². The summed E-state index contributed by atoms with van der Waals surface area (Å²) in [5.41, 5.74) is 0.647. The van der Waals surface area contributed by atoms with Crippen molar-refractivity contribution in [3.8, 4) is 0 Å². The second-order valence-electron chi connectivity index (χ2n) is 5.41. The first-order valence-electron chi connectivity index (χ1n) is 6.71. The molecule has 1 fully saturated rings. The molecule has 0 saturated carbocycles. The lowest BCUT2D eigenvalue weighted by Crippen LogP contribution is -2.42. The third kappa shape index (κ3) is 3.35. The van der Waals surface area contributed by atoms with Gasteiger partial charge in [0.25, 0.3) is 5.91 Å². The molecule has 0 radical (unpaired) electrons. The Balaban J connectivity index is 2.01. The van der Waals surface area contributed by atoms with E-state index in [1.807, 2.05) is 4.90 Å². The van der Waals surface area contributed by atoms with Gasteiger partial charge in [0, 0.05) is 19.1 Å². The summed E-state index contributed by atoms with van der Waals surface area (Å²) in [5, 5.41) is 3.44. The largest absolute Gasteiger partial charge is 0.472 e. The van der Waals surface area contributed by atoms with E-state index in [9.17, 15) is 4.79 Å². The number of carbonyl (C=O) groups excluding carboxylic acids is 1.